The number of anilines is 2. The highest BCUT2D eigenvalue weighted by atomic mass is 32.1. The molecule has 3 rings (SSSR count). The monoisotopic (exact) mass is 339 g/mol. The summed E-state index contributed by atoms with van der Waals surface area (Å²) < 4.78 is 0. The Balaban J connectivity index is 1.60. The maximum absolute atomic E-state index is 5.62. The normalized spacial score (nSPS) is 14.6. The lowest BCUT2D eigenvalue weighted by Gasteiger charge is -2.38. The van der Waals surface area contributed by atoms with Crippen LogP contribution < -0.4 is 10.2 Å². The van der Waals surface area contributed by atoms with Crippen LogP contribution in [-0.4, -0.2) is 36.2 Å². The molecular formula is C20H25N3S. The first-order chi connectivity index (χ1) is 11.5. The van der Waals surface area contributed by atoms with Crippen LogP contribution in [-0.2, 0) is 0 Å². The van der Waals surface area contributed by atoms with E-state index in [0.717, 1.165) is 37.0 Å². The van der Waals surface area contributed by atoms with Crippen molar-refractivity contribution in [2.24, 2.45) is 0 Å². The summed E-state index contributed by atoms with van der Waals surface area (Å²) in [7, 11) is 0. The van der Waals surface area contributed by atoms with E-state index in [2.05, 4.69) is 78.4 Å². The van der Waals surface area contributed by atoms with Crippen LogP contribution in [0, 0.1) is 20.8 Å². The Morgan fingerprint density at radius 2 is 1.54 bits per heavy atom. The molecule has 0 bridgehead atoms. The van der Waals surface area contributed by atoms with Gasteiger partial charge in [-0.3, -0.25) is 0 Å². The highest BCUT2D eigenvalue weighted by Crippen LogP contribution is 2.21. The van der Waals surface area contributed by atoms with Crippen LogP contribution in [0.1, 0.15) is 16.7 Å². The number of nitrogens with one attached hydrogen (secondary N) is 1. The van der Waals surface area contributed by atoms with Gasteiger partial charge in [-0.2, -0.15) is 0 Å². The number of para-hydroxylation sites is 1. The van der Waals surface area contributed by atoms with Gasteiger partial charge in [0.2, 0.25) is 0 Å². The molecule has 2 aromatic rings. The van der Waals surface area contributed by atoms with Crippen LogP contribution in [0.3, 0.4) is 0 Å². The van der Waals surface area contributed by atoms with Gasteiger partial charge in [-0.15, -0.1) is 0 Å². The van der Waals surface area contributed by atoms with E-state index in [-0.39, 0.29) is 0 Å². The van der Waals surface area contributed by atoms with Gasteiger partial charge in [0.15, 0.2) is 5.11 Å². The number of aryl methyl sites for hydroxylation is 3. The predicted molar refractivity (Wildman–Crippen MR) is 107 cm³/mol. The third kappa shape index (κ3) is 3.88. The van der Waals surface area contributed by atoms with Crippen LogP contribution in [0.15, 0.2) is 42.5 Å². The van der Waals surface area contributed by atoms with E-state index in [1.54, 1.807) is 0 Å². The Labute approximate surface area is 150 Å². The second-order valence-electron chi connectivity index (χ2n) is 6.57. The average molecular weight is 340 g/mol. The summed E-state index contributed by atoms with van der Waals surface area (Å²) >= 11 is 5.62. The van der Waals surface area contributed by atoms with Crippen molar-refractivity contribution in [3.63, 3.8) is 0 Å². The van der Waals surface area contributed by atoms with Gasteiger partial charge in [-0.05, 0) is 67.9 Å². The van der Waals surface area contributed by atoms with Crippen molar-refractivity contribution in [3.8, 4) is 0 Å². The van der Waals surface area contributed by atoms with E-state index in [1.807, 2.05) is 0 Å². The Morgan fingerprint density at radius 1 is 0.917 bits per heavy atom. The van der Waals surface area contributed by atoms with Crippen molar-refractivity contribution in [2.75, 3.05) is 36.4 Å². The van der Waals surface area contributed by atoms with Crippen LogP contribution in [0.5, 0.6) is 0 Å². The summed E-state index contributed by atoms with van der Waals surface area (Å²) in [5.41, 5.74) is 6.26. The molecule has 0 atom stereocenters. The van der Waals surface area contributed by atoms with Gasteiger partial charge in [-0.1, -0.05) is 24.3 Å². The molecule has 1 heterocycles. The standard InChI is InChI=1S/C20H25N3S/c1-15-12-16(2)14-18(13-15)21-20(24)23-10-8-22(9-11-23)19-7-5-4-6-17(19)3/h4-7,12-14H,8-11H2,1-3H3,(H,21,24). The smallest absolute Gasteiger partial charge is 0.173 e. The second kappa shape index (κ2) is 7.22. The van der Waals surface area contributed by atoms with Crippen molar-refractivity contribution < 1.29 is 0 Å². The lowest BCUT2D eigenvalue weighted by molar-refractivity contribution is 0.390. The van der Waals surface area contributed by atoms with E-state index >= 15 is 0 Å². The zero-order valence-corrected chi connectivity index (χ0v) is 15.5. The van der Waals surface area contributed by atoms with Crippen LogP contribution in [0.4, 0.5) is 11.4 Å². The topological polar surface area (TPSA) is 18.5 Å². The number of piperazine rings is 1. The maximum Gasteiger partial charge on any atom is 0.173 e. The molecule has 4 heteroatoms. The molecule has 126 valence electrons. The molecule has 0 spiro atoms. The van der Waals surface area contributed by atoms with Gasteiger partial charge in [0.05, 0.1) is 0 Å². The van der Waals surface area contributed by atoms with Crippen molar-refractivity contribution in [2.45, 2.75) is 20.8 Å². The van der Waals surface area contributed by atoms with Gasteiger partial charge >= 0.3 is 0 Å². The van der Waals surface area contributed by atoms with Gasteiger partial charge in [0, 0.05) is 37.6 Å². The molecule has 3 nitrogen and oxygen atoms in total. The molecule has 0 radical (unpaired) electrons. The molecule has 0 amide bonds. The number of thiocarbonyl (C=S) groups is 1. The molecule has 0 aliphatic carbocycles. The number of rotatable bonds is 2. The highest BCUT2D eigenvalue weighted by molar-refractivity contribution is 7.80. The van der Waals surface area contributed by atoms with Gasteiger partial charge in [-0.25, -0.2) is 0 Å². The largest absolute Gasteiger partial charge is 0.368 e. The zero-order chi connectivity index (χ0) is 17.1. The fraction of sp³-hybridized carbons (Fsp3) is 0.350. The van der Waals surface area contributed by atoms with E-state index in [4.69, 9.17) is 12.2 Å². The molecule has 1 fully saturated rings. The minimum atomic E-state index is 0.824. The lowest BCUT2D eigenvalue weighted by Crippen LogP contribution is -2.50. The molecule has 1 saturated heterocycles. The number of nitrogens with zero attached hydrogens (tertiary/aromatic N) is 2. The summed E-state index contributed by atoms with van der Waals surface area (Å²) in [5.74, 6) is 0. The van der Waals surface area contributed by atoms with Crippen LogP contribution >= 0.6 is 12.2 Å². The highest BCUT2D eigenvalue weighted by Gasteiger charge is 2.20. The van der Waals surface area contributed by atoms with Crippen LogP contribution in [0.25, 0.3) is 0 Å². The summed E-state index contributed by atoms with van der Waals surface area (Å²) in [6.07, 6.45) is 0. The fourth-order valence-electron chi connectivity index (χ4n) is 3.32. The molecular weight excluding hydrogens is 314 g/mol. The van der Waals surface area contributed by atoms with E-state index in [0.29, 0.717) is 0 Å². The Morgan fingerprint density at radius 3 is 2.17 bits per heavy atom. The predicted octanol–water partition coefficient (Wildman–Crippen LogP) is 4.13. The van der Waals surface area contributed by atoms with E-state index < -0.39 is 0 Å². The maximum atomic E-state index is 5.62. The van der Waals surface area contributed by atoms with Gasteiger partial charge in [0.1, 0.15) is 0 Å². The fourth-order valence-corrected chi connectivity index (χ4v) is 3.62. The first-order valence-electron chi connectivity index (χ1n) is 8.48. The summed E-state index contributed by atoms with van der Waals surface area (Å²) in [4.78, 5) is 4.72. The molecule has 2 aromatic carbocycles. The molecule has 0 saturated carbocycles. The quantitative estimate of drug-likeness (QED) is 0.829. The van der Waals surface area contributed by atoms with Crippen molar-refractivity contribution in [1.29, 1.82) is 0 Å². The molecule has 1 aliphatic rings. The minimum absolute atomic E-state index is 0.824. The average Bonchev–Trinajstić information content (AvgIpc) is 2.54. The van der Waals surface area contributed by atoms with E-state index in [9.17, 15) is 0 Å². The molecule has 1 N–H and O–H groups in total. The third-order valence-electron chi connectivity index (χ3n) is 4.50. The zero-order valence-electron chi connectivity index (χ0n) is 14.7. The Kier molecular flexibility index (Phi) is 5.05. The molecule has 1 aliphatic heterocycles. The first kappa shape index (κ1) is 16.8. The SMILES string of the molecule is Cc1cc(C)cc(NC(=S)N2CCN(c3ccccc3C)CC2)c1. The first-order valence-corrected chi connectivity index (χ1v) is 8.88. The second-order valence-corrected chi connectivity index (χ2v) is 6.95. The number of benzene rings is 2. The summed E-state index contributed by atoms with van der Waals surface area (Å²) in [6.45, 7) is 10.3. The third-order valence-corrected chi connectivity index (χ3v) is 4.86. The Hall–Kier alpha value is -2.07. The summed E-state index contributed by atoms with van der Waals surface area (Å²) in [6, 6.07) is 15.0. The lowest BCUT2D eigenvalue weighted by atomic mass is 10.1. The number of hydrogen-bond acceptors (Lipinski definition) is 2. The van der Waals surface area contributed by atoms with Crippen molar-refractivity contribution in [1.82, 2.24) is 4.90 Å². The molecule has 24 heavy (non-hydrogen) atoms. The van der Waals surface area contributed by atoms with Gasteiger partial charge in [0.25, 0.3) is 0 Å². The Bertz CT molecular complexity index is 713. The van der Waals surface area contributed by atoms with E-state index in [1.165, 1.54) is 22.4 Å². The van der Waals surface area contributed by atoms with Crippen molar-refractivity contribution >= 4 is 28.7 Å². The van der Waals surface area contributed by atoms with Crippen LogP contribution in [0.2, 0.25) is 0 Å². The van der Waals surface area contributed by atoms with Crippen molar-refractivity contribution in [3.05, 3.63) is 59.2 Å². The molecule has 0 aromatic heterocycles. The number of hydrogen-bond donors (Lipinski definition) is 1. The molecule has 0 unspecified atom stereocenters. The minimum Gasteiger partial charge on any atom is -0.368 e. The summed E-state index contributed by atoms with van der Waals surface area (Å²) in [5, 5.41) is 4.22. The van der Waals surface area contributed by atoms with Gasteiger partial charge < -0.3 is 15.1 Å².